The van der Waals surface area contributed by atoms with Gasteiger partial charge in [0.1, 0.15) is 0 Å². The van der Waals surface area contributed by atoms with Crippen LogP contribution in [-0.2, 0) is 17.1 Å². The predicted octanol–water partition coefficient (Wildman–Crippen LogP) is 3.71. The molecular formula is C16H16Fe+2. The van der Waals surface area contributed by atoms with Crippen LogP contribution in [0.25, 0.3) is 0 Å². The smallest absolute Gasteiger partial charge is 0.0985 e. The van der Waals surface area contributed by atoms with Gasteiger partial charge in [0, 0.05) is 5.92 Å². The maximum absolute atomic E-state index is 3.67. The van der Waals surface area contributed by atoms with Gasteiger partial charge in [-0.05, 0) is 63.4 Å². The molecule has 0 heterocycles. The van der Waals surface area contributed by atoms with Crippen molar-refractivity contribution in [2.24, 2.45) is 0 Å². The van der Waals surface area contributed by atoms with Crippen molar-refractivity contribution in [2.45, 2.75) is 0 Å². The fourth-order valence-electron chi connectivity index (χ4n) is 1.20. The summed E-state index contributed by atoms with van der Waals surface area (Å²) >= 11 is 0. The van der Waals surface area contributed by atoms with Crippen LogP contribution in [0.2, 0.25) is 0 Å². The van der Waals surface area contributed by atoms with Crippen LogP contribution in [0.5, 0.6) is 0 Å². The van der Waals surface area contributed by atoms with Gasteiger partial charge in [0.05, 0.1) is 0 Å². The molecule has 0 spiro atoms. The van der Waals surface area contributed by atoms with Crippen LogP contribution >= 0.6 is 0 Å². The van der Waals surface area contributed by atoms with Gasteiger partial charge in [-0.1, -0.05) is 31.4 Å². The summed E-state index contributed by atoms with van der Waals surface area (Å²) in [5, 5.41) is 0. The summed E-state index contributed by atoms with van der Waals surface area (Å²) in [5.41, 5.74) is 1.05. The molecule has 1 heteroatoms. The molecule has 0 N–H and O–H groups in total. The Labute approximate surface area is 118 Å². The predicted molar refractivity (Wildman–Crippen MR) is 70.4 cm³/mol. The number of hydrogen-bond donors (Lipinski definition) is 0. The molecular weight excluding hydrogens is 248 g/mol. The van der Waals surface area contributed by atoms with E-state index in [-0.39, 0.29) is 17.1 Å². The maximum Gasteiger partial charge on any atom is 2.00 e. The Morgan fingerprint density at radius 3 is 1.53 bits per heavy atom. The van der Waals surface area contributed by atoms with E-state index in [1.165, 1.54) is 5.92 Å². The zero-order valence-corrected chi connectivity index (χ0v) is 10.8. The Morgan fingerprint density at radius 2 is 1.18 bits per heavy atom. The van der Waals surface area contributed by atoms with Crippen molar-refractivity contribution < 1.29 is 17.1 Å². The Kier molecular flexibility index (Phi) is 10.7. The molecule has 0 aromatic heterocycles. The summed E-state index contributed by atoms with van der Waals surface area (Å²) in [7, 11) is 0. The van der Waals surface area contributed by atoms with Crippen LogP contribution in [0.4, 0.5) is 0 Å². The first-order valence-corrected chi connectivity index (χ1v) is 5.22. The Morgan fingerprint density at radius 1 is 0.765 bits per heavy atom. The molecule has 2 saturated carbocycles. The molecule has 86 valence electrons. The fraction of sp³-hybridized carbons (Fsp3) is 0. The molecule has 0 unspecified atom stereocenters. The van der Waals surface area contributed by atoms with Crippen molar-refractivity contribution >= 4 is 0 Å². The van der Waals surface area contributed by atoms with Crippen LogP contribution in [0.1, 0.15) is 0 Å². The molecule has 0 aromatic carbocycles. The van der Waals surface area contributed by atoms with Crippen LogP contribution in [0.3, 0.4) is 0 Å². The fourth-order valence-corrected chi connectivity index (χ4v) is 1.20. The van der Waals surface area contributed by atoms with Crippen molar-refractivity contribution in [2.75, 3.05) is 0 Å². The molecule has 2 aliphatic rings. The van der Waals surface area contributed by atoms with Crippen molar-refractivity contribution in [3.63, 3.8) is 0 Å². The molecule has 10 radical (unpaired) electrons. The molecule has 2 rings (SSSR count). The first-order chi connectivity index (χ1) is 7.86. The Bertz CT molecular complexity index is 212. The molecule has 0 nitrogen and oxygen atoms in total. The second kappa shape index (κ2) is 10.9. The largest absolute Gasteiger partial charge is 2.00 e. The van der Waals surface area contributed by atoms with E-state index in [9.17, 15) is 0 Å². The molecule has 0 aromatic rings. The molecule has 0 aliphatic heterocycles. The third-order valence-electron chi connectivity index (χ3n) is 2.05. The number of hydrogen-bond acceptors (Lipinski definition) is 0. The van der Waals surface area contributed by atoms with Gasteiger partial charge in [-0.3, -0.25) is 0 Å². The summed E-state index contributed by atoms with van der Waals surface area (Å²) in [4.78, 5) is 0. The van der Waals surface area contributed by atoms with Crippen LogP contribution < -0.4 is 0 Å². The van der Waals surface area contributed by atoms with Gasteiger partial charge in [-0.15, -0.1) is 0 Å². The average Bonchev–Trinajstić information content (AvgIpc) is 3.01. The van der Waals surface area contributed by atoms with E-state index in [0.717, 1.165) is 5.57 Å². The first-order valence-electron chi connectivity index (χ1n) is 5.22. The molecule has 0 bridgehead atoms. The van der Waals surface area contributed by atoms with E-state index in [1.807, 2.05) is 63.9 Å². The second-order valence-corrected chi connectivity index (χ2v) is 3.23. The zero-order chi connectivity index (χ0) is 11.6. The minimum Gasteiger partial charge on any atom is -0.0985 e. The maximum atomic E-state index is 3.67. The molecule has 0 atom stereocenters. The zero-order valence-electron chi connectivity index (χ0n) is 9.70. The summed E-state index contributed by atoms with van der Waals surface area (Å²) in [6, 6.07) is 0. The standard InChI is InChI=1S/C11H11.C5H5.Fe/c1-3-10(4-2)9-11-7-5-6-8-11;1-2-4-5-3-1;/h3-9H,1-2H2;1-5H;/q;;+2. The molecule has 0 saturated heterocycles. The van der Waals surface area contributed by atoms with Gasteiger partial charge < -0.3 is 0 Å². The first kappa shape index (κ1) is 16.7. The third kappa shape index (κ3) is 7.63. The van der Waals surface area contributed by atoms with Crippen LogP contribution in [-0.4, -0.2) is 0 Å². The minimum atomic E-state index is 0. The molecule has 17 heavy (non-hydrogen) atoms. The number of rotatable bonds is 3. The van der Waals surface area contributed by atoms with E-state index in [0.29, 0.717) is 0 Å². The normalized spacial score (nSPS) is 18.6. The minimum absolute atomic E-state index is 0. The second-order valence-electron chi connectivity index (χ2n) is 3.23. The van der Waals surface area contributed by atoms with Gasteiger partial charge >= 0.3 is 17.1 Å². The van der Waals surface area contributed by atoms with Crippen molar-refractivity contribution in [1.82, 2.24) is 0 Å². The summed E-state index contributed by atoms with van der Waals surface area (Å²) in [6.07, 6.45) is 23.7. The summed E-state index contributed by atoms with van der Waals surface area (Å²) in [5.74, 6) is 1.19. The van der Waals surface area contributed by atoms with E-state index in [4.69, 9.17) is 0 Å². The average molecular weight is 264 g/mol. The summed E-state index contributed by atoms with van der Waals surface area (Å²) in [6.45, 7) is 7.35. The van der Waals surface area contributed by atoms with E-state index >= 15 is 0 Å². The van der Waals surface area contributed by atoms with Crippen LogP contribution in [0, 0.1) is 63.7 Å². The van der Waals surface area contributed by atoms with Crippen LogP contribution in [0.15, 0.2) is 37.0 Å². The van der Waals surface area contributed by atoms with Gasteiger partial charge in [0.15, 0.2) is 0 Å². The van der Waals surface area contributed by atoms with Gasteiger partial charge in [-0.2, -0.15) is 0 Å². The quantitative estimate of drug-likeness (QED) is 0.538. The van der Waals surface area contributed by atoms with E-state index < -0.39 is 0 Å². The molecule has 2 aliphatic carbocycles. The van der Waals surface area contributed by atoms with E-state index in [1.54, 1.807) is 12.2 Å². The van der Waals surface area contributed by atoms with E-state index in [2.05, 4.69) is 13.2 Å². The monoisotopic (exact) mass is 264 g/mol. The summed E-state index contributed by atoms with van der Waals surface area (Å²) < 4.78 is 0. The molecule has 0 amide bonds. The Balaban J connectivity index is 0.000000360. The Hall–Kier alpha value is -0.261. The third-order valence-corrected chi connectivity index (χ3v) is 2.05. The molecule has 2 fully saturated rings. The topological polar surface area (TPSA) is 0 Å². The SMILES string of the molecule is C=CC(C=C)=C[C]1[CH][CH][CH][CH]1.[CH]1[CH][CH][CH][CH]1.[Fe+2]. The van der Waals surface area contributed by atoms with Crippen molar-refractivity contribution in [1.29, 1.82) is 0 Å². The van der Waals surface area contributed by atoms with Gasteiger partial charge in [0.2, 0.25) is 0 Å². The number of allylic oxidation sites excluding steroid dienone is 4. The van der Waals surface area contributed by atoms with Gasteiger partial charge in [0.25, 0.3) is 0 Å². The van der Waals surface area contributed by atoms with Gasteiger partial charge in [-0.25, -0.2) is 0 Å². The van der Waals surface area contributed by atoms with Crippen molar-refractivity contribution in [3.05, 3.63) is 101 Å². The van der Waals surface area contributed by atoms with Crippen molar-refractivity contribution in [3.8, 4) is 0 Å².